The molecular formula is C17H15Br2NO3S. The number of rotatable bonds is 4. The van der Waals surface area contributed by atoms with Crippen LogP contribution in [0.2, 0.25) is 0 Å². The van der Waals surface area contributed by atoms with Crippen molar-refractivity contribution in [3.63, 3.8) is 0 Å². The van der Waals surface area contributed by atoms with Gasteiger partial charge in [-0.05, 0) is 59.8 Å². The van der Waals surface area contributed by atoms with Gasteiger partial charge in [0.25, 0.3) is 0 Å². The van der Waals surface area contributed by atoms with Crippen molar-refractivity contribution in [1.82, 2.24) is 0 Å². The highest BCUT2D eigenvalue weighted by molar-refractivity contribution is 9.11. The number of hydrogen-bond donors (Lipinski definition) is 1. The molecule has 126 valence electrons. The summed E-state index contributed by atoms with van der Waals surface area (Å²) < 4.78 is 6.60. The monoisotopic (exact) mass is 471 g/mol. The second-order valence-electron chi connectivity index (χ2n) is 5.34. The van der Waals surface area contributed by atoms with Gasteiger partial charge in [-0.2, -0.15) is 0 Å². The van der Waals surface area contributed by atoms with Crippen LogP contribution in [0.4, 0.5) is 5.00 Å². The number of halogens is 2. The number of phenols is 1. The van der Waals surface area contributed by atoms with Gasteiger partial charge in [-0.1, -0.05) is 15.9 Å². The lowest BCUT2D eigenvalue weighted by atomic mass is 10.1. The molecule has 3 rings (SSSR count). The van der Waals surface area contributed by atoms with E-state index >= 15 is 0 Å². The van der Waals surface area contributed by atoms with Gasteiger partial charge >= 0.3 is 5.97 Å². The Balaban J connectivity index is 2.00. The van der Waals surface area contributed by atoms with Crippen molar-refractivity contribution in [3.8, 4) is 5.75 Å². The highest BCUT2D eigenvalue weighted by Gasteiger charge is 2.27. The first-order valence-corrected chi connectivity index (χ1v) is 9.95. The minimum Gasteiger partial charge on any atom is -0.506 e. The Hall–Kier alpha value is -1.18. The van der Waals surface area contributed by atoms with Gasteiger partial charge in [0.1, 0.15) is 10.8 Å². The first-order valence-electron chi connectivity index (χ1n) is 7.55. The molecule has 1 aliphatic rings. The van der Waals surface area contributed by atoms with Gasteiger partial charge in [-0.25, -0.2) is 9.79 Å². The molecule has 0 radical (unpaired) electrons. The molecule has 1 aromatic heterocycles. The molecular weight excluding hydrogens is 458 g/mol. The number of phenolic OH excluding ortho intramolecular Hbond substituents is 1. The molecule has 0 bridgehead atoms. The van der Waals surface area contributed by atoms with Crippen LogP contribution in [0.3, 0.4) is 0 Å². The third kappa shape index (κ3) is 3.43. The number of carbonyl (C=O) groups excluding carboxylic acids is 1. The maximum Gasteiger partial charge on any atom is 0.341 e. The van der Waals surface area contributed by atoms with Crippen LogP contribution < -0.4 is 0 Å². The lowest BCUT2D eigenvalue weighted by molar-refractivity contribution is 0.0527. The molecule has 0 saturated heterocycles. The van der Waals surface area contributed by atoms with Crippen molar-refractivity contribution in [2.45, 2.75) is 26.2 Å². The lowest BCUT2D eigenvalue weighted by Crippen LogP contribution is -2.06. The van der Waals surface area contributed by atoms with Crippen LogP contribution in [0, 0.1) is 0 Å². The summed E-state index contributed by atoms with van der Waals surface area (Å²) in [5.74, 6) is -0.201. The average Bonchev–Trinajstić information content (AvgIpc) is 3.09. The largest absolute Gasteiger partial charge is 0.506 e. The Morgan fingerprint density at radius 3 is 2.96 bits per heavy atom. The smallest absolute Gasteiger partial charge is 0.341 e. The molecule has 24 heavy (non-hydrogen) atoms. The second-order valence-corrected chi connectivity index (χ2v) is 8.20. The van der Waals surface area contributed by atoms with Crippen molar-refractivity contribution in [2.75, 3.05) is 6.61 Å². The third-order valence-corrected chi connectivity index (χ3v) is 6.02. The number of thiophene rings is 1. The minimum absolute atomic E-state index is 0.115. The summed E-state index contributed by atoms with van der Waals surface area (Å²) in [5.41, 5.74) is 2.23. The molecule has 1 aromatic carbocycles. The number of aromatic hydroxyl groups is 1. The molecule has 0 aliphatic heterocycles. The van der Waals surface area contributed by atoms with E-state index in [9.17, 15) is 9.90 Å². The summed E-state index contributed by atoms with van der Waals surface area (Å²) >= 11 is 8.23. The van der Waals surface area contributed by atoms with Crippen LogP contribution in [-0.4, -0.2) is 23.9 Å². The van der Waals surface area contributed by atoms with Crippen molar-refractivity contribution in [3.05, 3.63) is 42.6 Å². The Morgan fingerprint density at radius 2 is 2.21 bits per heavy atom. The summed E-state index contributed by atoms with van der Waals surface area (Å²) in [6.07, 6.45) is 4.52. The summed E-state index contributed by atoms with van der Waals surface area (Å²) in [6.45, 7) is 2.14. The first-order chi connectivity index (χ1) is 11.5. The summed E-state index contributed by atoms with van der Waals surface area (Å²) in [5, 5.41) is 10.8. The Morgan fingerprint density at radius 1 is 1.42 bits per heavy atom. The molecule has 1 N–H and O–H groups in total. The van der Waals surface area contributed by atoms with Gasteiger partial charge in [-0.15, -0.1) is 11.3 Å². The van der Waals surface area contributed by atoms with Crippen LogP contribution in [-0.2, 0) is 17.6 Å². The van der Waals surface area contributed by atoms with Crippen LogP contribution >= 0.6 is 43.2 Å². The van der Waals surface area contributed by atoms with E-state index in [0.717, 1.165) is 29.3 Å². The zero-order valence-corrected chi connectivity index (χ0v) is 16.9. The van der Waals surface area contributed by atoms with Gasteiger partial charge < -0.3 is 9.84 Å². The van der Waals surface area contributed by atoms with Crippen molar-refractivity contribution in [2.24, 2.45) is 4.99 Å². The number of esters is 1. The van der Waals surface area contributed by atoms with E-state index in [0.29, 0.717) is 27.2 Å². The van der Waals surface area contributed by atoms with E-state index in [1.807, 2.05) is 0 Å². The zero-order chi connectivity index (χ0) is 17.3. The summed E-state index contributed by atoms with van der Waals surface area (Å²) in [4.78, 5) is 18.0. The number of aliphatic imine (C=N–C) groups is 1. The van der Waals surface area contributed by atoms with E-state index in [4.69, 9.17) is 4.74 Å². The maximum absolute atomic E-state index is 12.3. The molecule has 1 aliphatic carbocycles. The molecule has 0 amide bonds. The molecule has 2 aromatic rings. The number of hydrogen-bond acceptors (Lipinski definition) is 5. The lowest BCUT2D eigenvalue weighted by Gasteiger charge is -2.04. The van der Waals surface area contributed by atoms with E-state index < -0.39 is 0 Å². The third-order valence-electron chi connectivity index (χ3n) is 3.76. The van der Waals surface area contributed by atoms with Gasteiger partial charge in [0.15, 0.2) is 0 Å². The molecule has 4 nitrogen and oxygen atoms in total. The molecule has 7 heteroatoms. The standard InChI is InChI=1S/C17H15Br2NO3S/c1-2-23-17(22)14-11-4-3-5-13(11)24-16(14)20-8-9-6-10(18)7-12(19)15(9)21/h6-8,21H,2-5H2,1H3/b20-8+. The van der Waals surface area contributed by atoms with Crippen molar-refractivity contribution >= 4 is 60.4 Å². The van der Waals surface area contributed by atoms with E-state index in [1.54, 1.807) is 25.3 Å². The van der Waals surface area contributed by atoms with Gasteiger partial charge in [0, 0.05) is 21.1 Å². The predicted octanol–water partition coefficient (Wildman–Crippen LogP) is 5.39. The van der Waals surface area contributed by atoms with Gasteiger partial charge in [-0.3, -0.25) is 0 Å². The van der Waals surface area contributed by atoms with Gasteiger partial charge in [0.05, 0.1) is 16.6 Å². The van der Waals surface area contributed by atoms with E-state index in [2.05, 4.69) is 36.9 Å². The molecule has 0 atom stereocenters. The highest BCUT2D eigenvalue weighted by Crippen LogP contribution is 2.41. The molecule has 0 spiro atoms. The summed E-state index contributed by atoms with van der Waals surface area (Å²) in [7, 11) is 0. The fraction of sp³-hybridized carbons (Fsp3) is 0.294. The van der Waals surface area contributed by atoms with Crippen LogP contribution in [0.1, 0.15) is 39.7 Å². The number of ether oxygens (including phenoxy) is 1. The average molecular weight is 473 g/mol. The first kappa shape index (κ1) is 17.6. The molecule has 0 fully saturated rings. The number of nitrogens with zero attached hydrogens (tertiary/aromatic N) is 1. The van der Waals surface area contributed by atoms with Crippen molar-refractivity contribution in [1.29, 1.82) is 0 Å². The summed E-state index contributed by atoms with van der Waals surface area (Å²) in [6, 6.07) is 3.53. The number of aryl methyl sites for hydroxylation is 1. The topological polar surface area (TPSA) is 58.9 Å². The van der Waals surface area contributed by atoms with E-state index in [-0.39, 0.29) is 11.7 Å². The molecule has 0 unspecified atom stereocenters. The maximum atomic E-state index is 12.3. The van der Waals surface area contributed by atoms with Crippen LogP contribution in [0.25, 0.3) is 0 Å². The SMILES string of the molecule is CCOC(=O)c1c(/N=C/c2cc(Br)cc(Br)c2O)sc2c1CCC2. The quantitative estimate of drug-likeness (QED) is 0.479. The van der Waals surface area contributed by atoms with E-state index in [1.165, 1.54) is 16.2 Å². The molecule has 1 heterocycles. The van der Waals surface area contributed by atoms with Gasteiger partial charge in [0.2, 0.25) is 0 Å². The molecule has 0 saturated carbocycles. The van der Waals surface area contributed by atoms with Crippen molar-refractivity contribution < 1.29 is 14.6 Å². The number of benzene rings is 1. The number of carbonyl (C=O) groups is 1. The fourth-order valence-electron chi connectivity index (χ4n) is 2.71. The van der Waals surface area contributed by atoms with Crippen LogP contribution in [0.15, 0.2) is 26.1 Å². The Bertz CT molecular complexity index is 830. The number of fused-ring (bicyclic) bond motifs is 1. The normalized spacial score (nSPS) is 13.5. The second kappa shape index (κ2) is 7.37. The van der Waals surface area contributed by atoms with Crippen LogP contribution in [0.5, 0.6) is 5.75 Å². The Kier molecular flexibility index (Phi) is 5.42. The minimum atomic E-state index is -0.316. The predicted molar refractivity (Wildman–Crippen MR) is 103 cm³/mol. The highest BCUT2D eigenvalue weighted by atomic mass is 79.9. The fourth-order valence-corrected chi connectivity index (χ4v) is 5.19. The Labute approximate surface area is 160 Å². The zero-order valence-electron chi connectivity index (χ0n) is 12.9.